The maximum absolute atomic E-state index is 12.3. The molecule has 1 rings (SSSR count). The summed E-state index contributed by atoms with van der Waals surface area (Å²) >= 11 is 5.90. The molecule has 0 bridgehead atoms. The summed E-state index contributed by atoms with van der Waals surface area (Å²) < 4.78 is 36.8. The van der Waals surface area contributed by atoms with Crippen LogP contribution in [0.4, 0.5) is 24.5 Å². The summed E-state index contributed by atoms with van der Waals surface area (Å²) in [5.74, 6) is -0.401. The van der Waals surface area contributed by atoms with Crippen molar-refractivity contribution in [3.05, 3.63) is 23.2 Å². The van der Waals surface area contributed by atoms with Gasteiger partial charge in [-0.25, -0.2) is 0 Å². The van der Waals surface area contributed by atoms with Crippen LogP contribution in [0.5, 0.6) is 0 Å². The minimum Gasteiger partial charge on any atom is -0.399 e. The summed E-state index contributed by atoms with van der Waals surface area (Å²) in [6.07, 6.45) is -4.32. The minimum absolute atomic E-state index is 0.0223. The van der Waals surface area contributed by atoms with Gasteiger partial charge in [-0.15, -0.1) is 0 Å². The molecule has 21 heavy (non-hydrogen) atoms. The largest absolute Gasteiger partial charge is 0.401 e. The maximum atomic E-state index is 12.3. The number of nitrogen functional groups attached to an aromatic ring is 1. The predicted octanol–water partition coefficient (Wildman–Crippen LogP) is 3.14. The number of rotatable bonds is 6. The lowest BCUT2D eigenvalue weighted by molar-refractivity contribution is -0.146. The summed E-state index contributed by atoms with van der Waals surface area (Å²) in [4.78, 5) is 12.9. The Kier molecular flexibility index (Phi) is 6.29. The molecule has 1 amide bonds. The highest BCUT2D eigenvalue weighted by Gasteiger charge is 2.30. The first kappa shape index (κ1) is 17.6. The van der Waals surface area contributed by atoms with Gasteiger partial charge in [0.1, 0.15) is 0 Å². The van der Waals surface area contributed by atoms with E-state index in [1.165, 1.54) is 6.07 Å². The van der Waals surface area contributed by atoms with Gasteiger partial charge < -0.3 is 11.1 Å². The normalized spacial score (nSPS) is 11.7. The van der Waals surface area contributed by atoms with Crippen molar-refractivity contribution in [2.24, 2.45) is 0 Å². The molecular formula is C13H17ClF3N3O. The first-order valence-electron chi connectivity index (χ1n) is 6.35. The van der Waals surface area contributed by atoms with Crippen LogP contribution in [0.3, 0.4) is 0 Å². The van der Waals surface area contributed by atoms with Gasteiger partial charge in [-0.05, 0) is 24.7 Å². The molecule has 1 aromatic carbocycles. The maximum Gasteiger partial charge on any atom is 0.401 e. The number of amides is 1. The van der Waals surface area contributed by atoms with Gasteiger partial charge in [0.05, 0.1) is 17.3 Å². The van der Waals surface area contributed by atoms with Gasteiger partial charge in [0.2, 0.25) is 5.91 Å². The van der Waals surface area contributed by atoms with Crippen LogP contribution in [0.2, 0.25) is 5.02 Å². The van der Waals surface area contributed by atoms with Crippen LogP contribution in [0.25, 0.3) is 0 Å². The summed E-state index contributed by atoms with van der Waals surface area (Å²) in [5, 5.41) is 2.83. The highest BCUT2D eigenvalue weighted by atomic mass is 35.5. The topological polar surface area (TPSA) is 58.4 Å². The van der Waals surface area contributed by atoms with Crippen LogP contribution < -0.4 is 11.1 Å². The van der Waals surface area contributed by atoms with Gasteiger partial charge in [0.25, 0.3) is 0 Å². The van der Waals surface area contributed by atoms with Gasteiger partial charge in [0, 0.05) is 18.7 Å². The van der Waals surface area contributed by atoms with Crippen molar-refractivity contribution < 1.29 is 18.0 Å². The van der Waals surface area contributed by atoms with Crippen LogP contribution in [0.15, 0.2) is 18.2 Å². The van der Waals surface area contributed by atoms with E-state index in [-0.39, 0.29) is 24.5 Å². The fourth-order valence-corrected chi connectivity index (χ4v) is 1.94. The fourth-order valence-electron chi connectivity index (χ4n) is 1.71. The first-order chi connectivity index (χ1) is 9.71. The van der Waals surface area contributed by atoms with Crippen molar-refractivity contribution in [2.45, 2.75) is 19.5 Å². The second-order valence-electron chi connectivity index (χ2n) is 4.52. The molecule has 0 aromatic heterocycles. The minimum atomic E-state index is -4.27. The summed E-state index contributed by atoms with van der Waals surface area (Å²) in [6, 6.07) is 4.60. The average Bonchev–Trinajstić information content (AvgIpc) is 2.36. The number of anilines is 2. The zero-order valence-electron chi connectivity index (χ0n) is 11.5. The van der Waals surface area contributed by atoms with E-state index in [9.17, 15) is 18.0 Å². The summed E-state index contributed by atoms with van der Waals surface area (Å²) in [6.45, 7) is 0.823. The Labute approximate surface area is 126 Å². The van der Waals surface area contributed by atoms with Crippen LogP contribution >= 0.6 is 11.6 Å². The van der Waals surface area contributed by atoms with E-state index >= 15 is 0 Å². The van der Waals surface area contributed by atoms with E-state index in [1.54, 1.807) is 19.1 Å². The monoisotopic (exact) mass is 323 g/mol. The second kappa shape index (κ2) is 7.51. The lowest BCUT2D eigenvalue weighted by Crippen LogP contribution is -2.36. The number of carbonyl (C=O) groups is 1. The van der Waals surface area contributed by atoms with Crippen LogP contribution in [0, 0.1) is 0 Å². The molecule has 0 aliphatic rings. The van der Waals surface area contributed by atoms with Crippen LogP contribution in [-0.2, 0) is 4.79 Å². The third-order valence-electron chi connectivity index (χ3n) is 2.77. The van der Waals surface area contributed by atoms with E-state index in [1.807, 2.05) is 0 Å². The van der Waals surface area contributed by atoms with Gasteiger partial charge >= 0.3 is 6.18 Å². The molecular weight excluding hydrogens is 307 g/mol. The number of hydrogen-bond donors (Lipinski definition) is 2. The molecule has 0 saturated carbocycles. The number of nitrogens with two attached hydrogens (primary N) is 1. The molecule has 118 valence electrons. The molecule has 0 radical (unpaired) electrons. The fraction of sp³-hybridized carbons (Fsp3) is 0.462. The quantitative estimate of drug-likeness (QED) is 0.791. The lowest BCUT2D eigenvalue weighted by Gasteiger charge is -2.21. The van der Waals surface area contributed by atoms with Crippen molar-refractivity contribution in [1.82, 2.24) is 4.90 Å². The third kappa shape index (κ3) is 6.68. The number of nitrogens with zero attached hydrogens (tertiary/aromatic N) is 1. The standard InChI is InChI=1S/C13H17ClF3N3O/c1-2-20(8-13(15,16)17)6-5-12(21)19-11-4-3-9(18)7-10(11)14/h3-4,7H,2,5-6,8,18H2,1H3,(H,19,21). The zero-order chi connectivity index (χ0) is 16.0. The van der Waals surface area contributed by atoms with Crippen molar-refractivity contribution in [3.63, 3.8) is 0 Å². The van der Waals surface area contributed by atoms with Gasteiger partial charge in [0.15, 0.2) is 0 Å². The molecule has 1 aromatic rings. The van der Waals surface area contributed by atoms with E-state index in [0.29, 0.717) is 11.4 Å². The molecule has 0 spiro atoms. The Morgan fingerprint density at radius 3 is 2.62 bits per heavy atom. The highest BCUT2D eigenvalue weighted by Crippen LogP contribution is 2.24. The number of hydrogen-bond acceptors (Lipinski definition) is 3. The number of carbonyl (C=O) groups excluding carboxylic acids is 1. The van der Waals surface area contributed by atoms with E-state index in [4.69, 9.17) is 17.3 Å². The van der Waals surface area contributed by atoms with E-state index in [2.05, 4.69) is 5.32 Å². The number of benzene rings is 1. The van der Waals surface area contributed by atoms with Crippen molar-refractivity contribution >= 4 is 28.9 Å². The second-order valence-corrected chi connectivity index (χ2v) is 4.93. The smallest absolute Gasteiger partial charge is 0.399 e. The van der Waals surface area contributed by atoms with Crippen LogP contribution in [0.1, 0.15) is 13.3 Å². The SMILES string of the molecule is CCN(CCC(=O)Nc1ccc(N)cc1Cl)CC(F)(F)F. The Bertz CT molecular complexity index is 494. The molecule has 3 N–H and O–H groups in total. The molecule has 0 heterocycles. The summed E-state index contributed by atoms with van der Waals surface area (Å²) in [5.41, 5.74) is 6.37. The first-order valence-corrected chi connectivity index (χ1v) is 6.73. The Hall–Kier alpha value is -1.47. The van der Waals surface area contributed by atoms with E-state index in [0.717, 1.165) is 4.90 Å². The number of nitrogens with one attached hydrogen (secondary N) is 1. The average molecular weight is 324 g/mol. The molecule has 4 nitrogen and oxygen atoms in total. The van der Waals surface area contributed by atoms with Gasteiger partial charge in [-0.2, -0.15) is 13.2 Å². The number of alkyl halides is 3. The van der Waals surface area contributed by atoms with Crippen LogP contribution in [-0.4, -0.2) is 36.6 Å². The molecule has 0 unspecified atom stereocenters. The molecule has 0 atom stereocenters. The lowest BCUT2D eigenvalue weighted by atomic mass is 10.2. The van der Waals surface area contributed by atoms with Gasteiger partial charge in [-0.1, -0.05) is 18.5 Å². The van der Waals surface area contributed by atoms with Crippen molar-refractivity contribution in [1.29, 1.82) is 0 Å². The number of halogens is 4. The highest BCUT2D eigenvalue weighted by molar-refractivity contribution is 6.34. The van der Waals surface area contributed by atoms with Gasteiger partial charge in [-0.3, -0.25) is 9.69 Å². The van der Waals surface area contributed by atoms with Crippen molar-refractivity contribution in [2.75, 3.05) is 30.7 Å². The summed E-state index contributed by atoms with van der Waals surface area (Å²) in [7, 11) is 0. The zero-order valence-corrected chi connectivity index (χ0v) is 12.3. The molecule has 0 fully saturated rings. The third-order valence-corrected chi connectivity index (χ3v) is 3.09. The molecule has 0 aliphatic carbocycles. The molecule has 8 heteroatoms. The predicted molar refractivity (Wildman–Crippen MR) is 77.3 cm³/mol. The Morgan fingerprint density at radius 1 is 1.43 bits per heavy atom. The molecule has 0 aliphatic heterocycles. The Balaban J connectivity index is 2.50. The molecule has 0 saturated heterocycles. The van der Waals surface area contributed by atoms with Crippen molar-refractivity contribution in [3.8, 4) is 0 Å². The Morgan fingerprint density at radius 2 is 2.10 bits per heavy atom. The van der Waals surface area contributed by atoms with E-state index < -0.39 is 18.6 Å².